The summed E-state index contributed by atoms with van der Waals surface area (Å²) in [5.41, 5.74) is 1.33. The van der Waals surface area contributed by atoms with Crippen LogP contribution in [0.2, 0.25) is 0 Å². The Labute approximate surface area is 128 Å². The summed E-state index contributed by atoms with van der Waals surface area (Å²) in [6.45, 7) is 0.292. The summed E-state index contributed by atoms with van der Waals surface area (Å²) < 4.78 is 23.2. The molecular formula is C16H17FN2O3. The minimum atomic E-state index is -0.385. The largest absolute Gasteiger partial charge is 0.497 e. The number of hydrogen-bond donors (Lipinski definition) is 2. The number of benzene rings is 2. The predicted molar refractivity (Wildman–Crippen MR) is 81.8 cm³/mol. The minimum Gasteiger partial charge on any atom is -0.497 e. The van der Waals surface area contributed by atoms with Crippen LogP contribution in [0, 0.1) is 5.82 Å². The van der Waals surface area contributed by atoms with Crippen LogP contribution in [-0.4, -0.2) is 20.3 Å². The summed E-state index contributed by atoms with van der Waals surface area (Å²) >= 11 is 0. The Bertz CT molecular complexity index is 644. The van der Waals surface area contributed by atoms with E-state index in [1.807, 2.05) is 6.07 Å². The van der Waals surface area contributed by atoms with Crippen LogP contribution in [0.1, 0.15) is 5.56 Å². The summed E-state index contributed by atoms with van der Waals surface area (Å²) in [5.74, 6) is 0.951. The maximum absolute atomic E-state index is 12.8. The summed E-state index contributed by atoms with van der Waals surface area (Å²) in [5, 5.41) is 5.33. The number of hydrogen-bond acceptors (Lipinski definition) is 3. The van der Waals surface area contributed by atoms with Gasteiger partial charge in [0.25, 0.3) is 0 Å². The number of anilines is 1. The Morgan fingerprint density at radius 1 is 1.09 bits per heavy atom. The normalized spacial score (nSPS) is 9.95. The molecule has 6 heteroatoms. The molecule has 2 N–H and O–H groups in total. The van der Waals surface area contributed by atoms with E-state index in [1.165, 1.54) is 24.3 Å². The van der Waals surface area contributed by atoms with Crippen LogP contribution in [0.15, 0.2) is 42.5 Å². The molecule has 0 unspecified atom stereocenters. The molecule has 22 heavy (non-hydrogen) atoms. The Morgan fingerprint density at radius 3 is 2.45 bits per heavy atom. The number of amides is 2. The summed E-state index contributed by atoms with van der Waals surface area (Å²) in [6.07, 6.45) is 0. The van der Waals surface area contributed by atoms with Gasteiger partial charge in [-0.3, -0.25) is 0 Å². The number of rotatable bonds is 5. The third-order valence-electron chi connectivity index (χ3n) is 3.04. The van der Waals surface area contributed by atoms with Crippen LogP contribution in [0.3, 0.4) is 0 Å². The van der Waals surface area contributed by atoms with Crippen molar-refractivity contribution < 1.29 is 18.7 Å². The molecule has 0 fully saturated rings. The Balaban J connectivity index is 1.94. The smallest absolute Gasteiger partial charge is 0.319 e. The van der Waals surface area contributed by atoms with Crippen molar-refractivity contribution >= 4 is 11.7 Å². The molecule has 0 aromatic heterocycles. The van der Waals surface area contributed by atoms with Crippen LogP contribution in [-0.2, 0) is 6.54 Å². The number of nitrogens with one attached hydrogen (secondary N) is 2. The molecule has 0 spiro atoms. The molecule has 0 atom stereocenters. The van der Waals surface area contributed by atoms with Gasteiger partial charge in [-0.05, 0) is 36.4 Å². The zero-order valence-electron chi connectivity index (χ0n) is 12.4. The Kier molecular flexibility index (Phi) is 5.19. The van der Waals surface area contributed by atoms with E-state index in [0.29, 0.717) is 23.7 Å². The van der Waals surface area contributed by atoms with Crippen molar-refractivity contribution in [3.05, 3.63) is 53.8 Å². The lowest BCUT2D eigenvalue weighted by Crippen LogP contribution is -2.28. The van der Waals surface area contributed by atoms with E-state index >= 15 is 0 Å². The molecule has 2 amide bonds. The lowest BCUT2D eigenvalue weighted by atomic mass is 10.2. The second-order valence-corrected chi connectivity index (χ2v) is 4.49. The van der Waals surface area contributed by atoms with Crippen molar-refractivity contribution in [2.45, 2.75) is 6.54 Å². The third kappa shape index (κ3) is 4.12. The highest BCUT2D eigenvalue weighted by atomic mass is 19.1. The summed E-state index contributed by atoms with van der Waals surface area (Å²) in [6, 6.07) is 10.5. The van der Waals surface area contributed by atoms with Gasteiger partial charge >= 0.3 is 6.03 Å². The third-order valence-corrected chi connectivity index (χ3v) is 3.04. The van der Waals surface area contributed by atoms with Gasteiger partial charge in [0.15, 0.2) is 0 Å². The maximum atomic E-state index is 12.8. The molecule has 116 valence electrons. The Morgan fingerprint density at radius 2 is 1.82 bits per heavy atom. The van der Waals surface area contributed by atoms with E-state index in [1.54, 1.807) is 26.4 Å². The average molecular weight is 304 g/mol. The van der Waals surface area contributed by atoms with Crippen molar-refractivity contribution in [2.75, 3.05) is 19.5 Å². The van der Waals surface area contributed by atoms with Crippen molar-refractivity contribution in [3.8, 4) is 11.5 Å². The van der Waals surface area contributed by atoms with Gasteiger partial charge in [-0.15, -0.1) is 0 Å². The van der Waals surface area contributed by atoms with Crippen molar-refractivity contribution in [2.24, 2.45) is 0 Å². The van der Waals surface area contributed by atoms with Crippen LogP contribution in [0.4, 0.5) is 14.9 Å². The van der Waals surface area contributed by atoms with E-state index in [2.05, 4.69) is 10.6 Å². The van der Waals surface area contributed by atoms with Gasteiger partial charge in [0.1, 0.15) is 17.3 Å². The molecule has 0 saturated heterocycles. The monoisotopic (exact) mass is 304 g/mol. The second kappa shape index (κ2) is 7.31. The highest BCUT2D eigenvalue weighted by Crippen LogP contribution is 2.24. The van der Waals surface area contributed by atoms with E-state index in [4.69, 9.17) is 9.47 Å². The fraction of sp³-hybridized carbons (Fsp3) is 0.188. The first-order valence-corrected chi connectivity index (χ1v) is 6.63. The number of ether oxygens (including phenoxy) is 2. The number of carbonyl (C=O) groups is 1. The first-order chi connectivity index (χ1) is 10.6. The van der Waals surface area contributed by atoms with Crippen molar-refractivity contribution in [1.82, 2.24) is 5.32 Å². The number of methoxy groups -OCH3 is 2. The molecule has 2 rings (SSSR count). The Hall–Kier alpha value is -2.76. The molecule has 0 saturated carbocycles. The number of carbonyl (C=O) groups excluding carboxylic acids is 1. The molecular weight excluding hydrogens is 287 g/mol. The fourth-order valence-electron chi connectivity index (χ4n) is 1.88. The minimum absolute atomic E-state index is 0.292. The molecule has 0 bridgehead atoms. The average Bonchev–Trinajstić information content (AvgIpc) is 2.55. The van der Waals surface area contributed by atoms with Crippen LogP contribution in [0.25, 0.3) is 0 Å². The zero-order valence-corrected chi connectivity index (χ0v) is 12.4. The van der Waals surface area contributed by atoms with E-state index in [-0.39, 0.29) is 11.8 Å². The molecule has 0 aliphatic carbocycles. The van der Waals surface area contributed by atoms with Gasteiger partial charge in [0.05, 0.1) is 14.2 Å². The molecule has 5 nitrogen and oxygen atoms in total. The molecule has 0 aliphatic rings. The van der Waals surface area contributed by atoms with Gasteiger partial charge in [0, 0.05) is 23.9 Å². The maximum Gasteiger partial charge on any atom is 0.319 e. The lowest BCUT2D eigenvalue weighted by Gasteiger charge is -2.12. The van der Waals surface area contributed by atoms with Crippen LogP contribution < -0.4 is 20.1 Å². The molecule has 0 radical (unpaired) electrons. The van der Waals surface area contributed by atoms with E-state index < -0.39 is 0 Å². The van der Waals surface area contributed by atoms with Gasteiger partial charge in [-0.25, -0.2) is 9.18 Å². The van der Waals surface area contributed by atoms with E-state index in [0.717, 1.165) is 5.56 Å². The predicted octanol–water partition coefficient (Wildman–Crippen LogP) is 3.16. The van der Waals surface area contributed by atoms with Gasteiger partial charge < -0.3 is 20.1 Å². The van der Waals surface area contributed by atoms with E-state index in [9.17, 15) is 9.18 Å². The molecule has 0 aliphatic heterocycles. The number of halogens is 1. The first-order valence-electron chi connectivity index (χ1n) is 6.63. The van der Waals surface area contributed by atoms with Crippen molar-refractivity contribution in [1.29, 1.82) is 0 Å². The quantitative estimate of drug-likeness (QED) is 0.892. The highest BCUT2D eigenvalue weighted by Gasteiger charge is 2.07. The van der Waals surface area contributed by atoms with Gasteiger partial charge in [0.2, 0.25) is 0 Å². The van der Waals surface area contributed by atoms with Gasteiger partial charge in [-0.2, -0.15) is 0 Å². The SMILES string of the molecule is COc1ccc(CNC(=O)Nc2ccc(F)cc2)c(OC)c1. The topological polar surface area (TPSA) is 59.6 Å². The van der Waals surface area contributed by atoms with Gasteiger partial charge in [-0.1, -0.05) is 0 Å². The molecule has 0 heterocycles. The molecule has 2 aromatic rings. The molecule has 2 aromatic carbocycles. The number of urea groups is 1. The summed E-state index contributed by atoms with van der Waals surface area (Å²) in [7, 11) is 3.12. The lowest BCUT2D eigenvalue weighted by molar-refractivity contribution is 0.251. The zero-order chi connectivity index (χ0) is 15.9. The second-order valence-electron chi connectivity index (χ2n) is 4.49. The fourth-order valence-corrected chi connectivity index (χ4v) is 1.88. The highest BCUT2D eigenvalue weighted by molar-refractivity contribution is 5.89. The van der Waals surface area contributed by atoms with Crippen LogP contribution >= 0.6 is 0 Å². The first kappa shape index (κ1) is 15.6. The standard InChI is InChI=1S/C16H17FN2O3/c1-21-14-8-3-11(15(9-14)22-2)10-18-16(20)19-13-6-4-12(17)5-7-13/h3-9H,10H2,1-2H3,(H2,18,19,20). The summed E-state index contributed by atoms with van der Waals surface area (Å²) in [4.78, 5) is 11.8. The van der Waals surface area contributed by atoms with Crippen molar-refractivity contribution in [3.63, 3.8) is 0 Å². The van der Waals surface area contributed by atoms with Crippen LogP contribution in [0.5, 0.6) is 11.5 Å².